The van der Waals surface area contributed by atoms with Crippen LogP contribution in [-0.2, 0) is 0 Å². The summed E-state index contributed by atoms with van der Waals surface area (Å²) in [7, 11) is 0. The van der Waals surface area contributed by atoms with Crippen molar-refractivity contribution in [2.45, 2.75) is 18.9 Å². The lowest BCUT2D eigenvalue weighted by atomic mass is 10.1. The van der Waals surface area contributed by atoms with Gasteiger partial charge in [-0.25, -0.2) is 15.0 Å². The summed E-state index contributed by atoms with van der Waals surface area (Å²) in [5, 5.41) is 0.535. The summed E-state index contributed by atoms with van der Waals surface area (Å²) in [4.78, 5) is 27.2. The number of ether oxygens (including phenoxy) is 1. The first-order chi connectivity index (χ1) is 11.8. The molecule has 4 rings (SSSR count). The molecule has 1 unspecified atom stereocenters. The molecule has 0 N–H and O–H groups in total. The van der Waals surface area contributed by atoms with Crippen molar-refractivity contribution in [3.05, 3.63) is 47.7 Å². The van der Waals surface area contributed by atoms with Gasteiger partial charge in [0.15, 0.2) is 5.01 Å². The average Bonchev–Trinajstić information content (AvgIpc) is 3.06. The van der Waals surface area contributed by atoms with E-state index in [2.05, 4.69) is 15.0 Å². The number of likely N-dealkylation sites (tertiary alicyclic amines) is 1. The van der Waals surface area contributed by atoms with E-state index in [1.807, 2.05) is 29.2 Å². The van der Waals surface area contributed by atoms with E-state index in [1.165, 1.54) is 11.3 Å². The highest BCUT2D eigenvalue weighted by Crippen LogP contribution is 2.24. The summed E-state index contributed by atoms with van der Waals surface area (Å²) in [5.74, 6) is -0.0292. The number of thiazole rings is 1. The molecule has 0 aliphatic carbocycles. The summed E-state index contributed by atoms with van der Waals surface area (Å²) >= 11 is 1.44. The summed E-state index contributed by atoms with van der Waals surface area (Å²) in [6, 6.07) is 9.91. The van der Waals surface area contributed by atoms with Crippen LogP contribution < -0.4 is 4.74 Å². The first-order valence-corrected chi connectivity index (χ1v) is 8.70. The lowest BCUT2D eigenvalue weighted by molar-refractivity contribution is 0.0515. The van der Waals surface area contributed by atoms with Crippen LogP contribution in [0.25, 0.3) is 10.2 Å². The maximum Gasteiger partial charge on any atom is 0.316 e. The van der Waals surface area contributed by atoms with Crippen molar-refractivity contribution in [2.75, 3.05) is 13.1 Å². The number of para-hydroxylation sites is 1. The molecule has 6 nitrogen and oxygen atoms in total. The Kier molecular flexibility index (Phi) is 4.08. The number of rotatable bonds is 3. The molecule has 0 saturated carbocycles. The van der Waals surface area contributed by atoms with Gasteiger partial charge in [0.2, 0.25) is 0 Å². The molecule has 0 spiro atoms. The molecule has 0 bridgehead atoms. The minimum atomic E-state index is -0.0838. The van der Waals surface area contributed by atoms with Crippen LogP contribution in [0.2, 0.25) is 0 Å². The molecule has 1 aliphatic rings. The number of carbonyl (C=O) groups excluding carboxylic acids is 1. The molecule has 3 heterocycles. The van der Waals surface area contributed by atoms with Gasteiger partial charge in [0.05, 0.1) is 16.8 Å². The standard InChI is InChI=1S/C17H16N4O2S/c22-16(15-20-13-6-1-2-7-14(13)24-15)21-10-3-5-12(11-21)23-17-18-8-4-9-19-17/h1-2,4,6-9,12H,3,5,10-11H2. The van der Waals surface area contributed by atoms with E-state index in [-0.39, 0.29) is 12.0 Å². The van der Waals surface area contributed by atoms with Crippen LogP contribution in [0.1, 0.15) is 22.6 Å². The molecular weight excluding hydrogens is 324 g/mol. The molecule has 1 aliphatic heterocycles. The van der Waals surface area contributed by atoms with Crippen LogP contribution in [0, 0.1) is 0 Å². The van der Waals surface area contributed by atoms with E-state index in [0.29, 0.717) is 17.6 Å². The largest absolute Gasteiger partial charge is 0.458 e. The molecule has 1 amide bonds. The quantitative estimate of drug-likeness (QED) is 0.733. The monoisotopic (exact) mass is 340 g/mol. The molecule has 1 atom stereocenters. The Hall–Kier alpha value is -2.54. The average molecular weight is 340 g/mol. The highest BCUT2D eigenvalue weighted by molar-refractivity contribution is 7.20. The van der Waals surface area contributed by atoms with Gasteiger partial charge >= 0.3 is 6.01 Å². The van der Waals surface area contributed by atoms with E-state index in [0.717, 1.165) is 29.6 Å². The van der Waals surface area contributed by atoms with Crippen LogP contribution in [0.5, 0.6) is 6.01 Å². The molecule has 1 saturated heterocycles. The Bertz CT molecular complexity index is 819. The van der Waals surface area contributed by atoms with Gasteiger partial charge in [0.25, 0.3) is 5.91 Å². The van der Waals surface area contributed by atoms with Gasteiger partial charge in [-0.05, 0) is 31.0 Å². The van der Waals surface area contributed by atoms with Crippen molar-refractivity contribution in [2.24, 2.45) is 0 Å². The van der Waals surface area contributed by atoms with Crippen LogP contribution in [0.3, 0.4) is 0 Å². The second-order valence-electron chi connectivity index (χ2n) is 5.65. The predicted molar refractivity (Wildman–Crippen MR) is 91.2 cm³/mol. The van der Waals surface area contributed by atoms with E-state index in [9.17, 15) is 4.79 Å². The first-order valence-electron chi connectivity index (χ1n) is 7.88. The van der Waals surface area contributed by atoms with E-state index < -0.39 is 0 Å². The Labute approximate surface area is 143 Å². The van der Waals surface area contributed by atoms with Crippen LogP contribution in [0.15, 0.2) is 42.7 Å². The number of hydrogen-bond donors (Lipinski definition) is 0. The number of aromatic nitrogens is 3. The molecule has 3 aromatic rings. The smallest absolute Gasteiger partial charge is 0.316 e. The first kappa shape index (κ1) is 15.0. The second kappa shape index (κ2) is 6.52. The van der Waals surface area contributed by atoms with Crippen LogP contribution >= 0.6 is 11.3 Å². The molecule has 1 fully saturated rings. The third-order valence-electron chi connectivity index (χ3n) is 3.96. The zero-order chi connectivity index (χ0) is 16.4. The van der Waals surface area contributed by atoms with Crippen LogP contribution in [-0.4, -0.2) is 45.0 Å². The lowest BCUT2D eigenvalue weighted by Crippen LogP contribution is -2.44. The fourth-order valence-corrected chi connectivity index (χ4v) is 3.75. The van der Waals surface area contributed by atoms with Gasteiger partial charge in [-0.3, -0.25) is 4.79 Å². The number of hydrogen-bond acceptors (Lipinski definition) is 6. The third-order valence-corrected chi connectivity index (χ3v) is 4.98. The molecule has 2 aromatic heterocycles. The van der Waals surface area contributed by atoms with Gasteiger partial charge in [0.1, 0.15) is 6.10 Å². The van der Waals surface area contributed by atoms with Crippen molar-refractivity contribution in [1.29, 1.82) is 0 Å². The highest BCUT2D eigenvalue weighted by atomic mass is 32.1. The Morgan fingerprint density at radius 3 is 2.88 bits per heavy atom. The molecule has 7 heteroatoms. The van der Waals surface area contributed by atoms with Crippen molar-refractivity contribution in [1.82, 2.24) is 19.9 Å². The van der Waals surface area contributed by atoms with Crippen molar-refractivity contribution >= 4 is 27.5 Å². The minimum absolute atomic E-state index is 0.0292. The Balaban J connectivity index is 1.48. The van der Waals surface area contributed by atoms with Gasteiger partial charge in [-0.15, -0.1) is 11.3 Å². The van der Waals surface area contributed by atoms with Crippen molar-refractivity contribution in [3.8, 4) is 6.01 Å². The zero-order valence-electron chi connectivity index (χ0n) is 13.0. The molecular formula is C17H16N4O2S. The maximum absolute atomic E-state index is 12.8. The number of amides is 1. The minimum Gasteiger partial charge on any atom is -0.458 e. The Morgan fingerprint density at radius 2 is 2.04 bits per heavy atom. The lowest BCUT2D eigenvalue weighted by Gasteiger charge is -2.31. The highest BCUT2D eigenvalue weighted by Gasteiger charge is 2.27. The number of piperidine rings is 1. The van der Waals surface area contributed by atoms with E-state index in [4.69, 9.17) is 4.74 Å². The fraction of sp³-hybridized carbons (Fsp3) is 0.294. The van der Waals surface area contributed by atoms with Crippen molar-refractivity contribution in [3.63, 3.8) is 0 Å². The molecule has 0 radical (unpaired) electrons. The number of nitrogens with zero attached hydrogens (tertiary/aromatic N) is 4. The van der Waals surface area contributed by atoms with E-state index in [1.54, 1.807) is 18.5 Å². The Morgan fingerprint density at radius 1 is 1.21 bits per heavy atom. The third kappa shape index (κ3) is 3.07. The second-order valence-corrected chi connectivity index (χ2v) is 6.68. The summed E-state index contributed by atoms with van der Waals surface area (Å²) in [6.07, 6.45) is 5.00. The topological polar surface area (TPSA) is 68.2 Å². The molecule has 1 aromatic carbocycles. The number of benzene rings is 1. The predicted octanol–water partition coefficient (Wildman–Crippen LogP) is 2.77. The summed E-state index contributed by atoms with van der Waals surface area (Å²) in [6.45, 7) is 1.26. The zero-order valence-corrected chi connectivity index (χ0v) is 13.8. The van der Waals surface area contributed by atoms with E-state index >= 15 is 0 Å². The molecule has 122 valence electrons. The number of carbonyl (C=O) groups is 1. The van der Waals surface area contributed by atoms with Gasteiger partial charge in [-0.1, -0.05) is 12.1 Å². The van der Waals surface area contributed by atoms with Gasteiger partial charge in [-0.2, -0.15) is 0 Å². The van der Waals surface area contributed by atoms with Crippen molar-refractivity contribution < 1.29 is 9.53 Å². The fourth-order valence-electron chi connectivity index (χ4n) is 2.81. The maximum atomic E-state index is 12.8. The summed E-state index contributed by atoms with van der Waals surface area (Å²) in [5.41, 5.74) is 0.869. The SMILES string of the molecule is O=C(c1nc2ccccc2s1)N1CCCC(Oc2ncccn2)C1. The summed E-state index contributed by atoms with van der Waals surface area (Å²) < 4.78 is 6.83. The van der Waals surface area contributed by atoms with Gasteiger partial charge in [0, 0.05) is 18.9 Å². The van der Waals surface area contributed by atoms with Crippen LogP contribution in [0.4, 0.5) is 0 Å². The molecule has 24 heavy (non-hydrogen) atoms. The number of fused-ring (bicyclic) bond motifs is 1. The normalized spacial score (nSPS) is 17.8. The van der Waals surface area contributed by atoms with Gasteiger partial charge < -0.3 is 9.64 Å².